The number of amides is 3. The molecule has 3 aromatic carbocycles. The first-order chi connectivity index (χ1) is 17.8. The van der Waals surface area contributed by atoms with Gasteiger partial charge in [0, 0.05) is 11.6 Å². The third-order valence-electron chi connectivity index (χ3n) is 6.47. The van der Waals surface area contributed by atoms with Gasteiger partial charge in [-0.25, -0.2) is 4.90 Å². The Morgan fingerprint density at radius 1 is 0.946 bits per heavy atom. The molecule has 1 atom stereocenters. The molecule has 0 N–H and O–H groups in total. The van der Waals surface area contributed by atoms with Crippen LogP contribution in [0.25, 0.3) is 0 Å². The maximum atomic E-state index is 13.5. The number of carbonyl (C=O) groups excluding carboxylic acids is 3. The molecule has 192 valence electrons. The van der Waals surface area contributed by atoms with E-state index in [9.17, 15) is 14.4 Å². The summed E-state index contributed by atoms with van der Waals surface area (Å²) in [5.41, 5.74) is 3.22. The number of aryl methyl sites for hydroxylation is 1. The molecule has 0 aromatic heterocycles. The second kappa shape index (κ2) is 11.5. The van der Waals surface area contributed by atoms with Crippen LogP contribution in [0.4, 0.5) is 5.69 Å². The number of rotatable bonds is 9. The van der Waals surface area contributed by atoms with Gasteiger partial charge in [-0.15, -0.1) is 0 Å². The van der Waals surface area contributed by atoms with Gasteiger partial charge >= 0.3 is 0 Å². The van der Waals surface area contributed by atoms with Crippen LogP contribution in [0.5, 0.6) is 11.5 Å². The highest BCUT2D eigenvalue weighted by Gasteiger charge is 2.44. The van der Waals surface area contributed by atoms with E-state index in [-0.39, 0.29) is 31.2 Å². The number of carbonyl (C=O) groups is 3. The van der Waals surface area contributed by atoms with E-state index < -0.39 is 11.9 Å². The van der Waals surface area contributed by atoms with Gasteiger partial charge in [-0.3, -0.25) is 14.4 Å². The van der Waals surface area contributed by atoms with E-state index in [0.29, 0.717) is 28.6 Å². The lowest BCUT2D eigenvalue weighted by molar-refractivity contribution is -0.137. The molecule has 0 saturated carbocycles. The van der Waals surface area contributed by atoms with Crippen LogP contribution in [0.3, 0.4) is 0 Å². The van der Waals surface area contributed by atoms with Gasteiger partial charge in [0.1, 0.15) is 6.04 Å². The Balaban J connectivity index is 1.59. The molecule has 1 fully saturated rings. The molecule has 0 bridgehead atoms. The summed E-state index contributed by atoms with van der Waals surface area (Å²) in [7, 11) is 3.13. The van der Waals surface area contributed by atoms with Gasteiger partial charge in [0.25, 0.3) is 5.91 Å². The highest BCUT2D eigenvalue weighted by molar-refractivity contribution is 6.30. The number of benzene rings is 3. The third-order valence-corrected chi connectivity index (χ3v) is 6.72. The van der Waals surface area contributed by atoms with Gasteiger partial charge in [0.05, 0.1) is 32.7 Å². The Hall–Kier alpha value is -3.84. The summed E-state index contributed by atoms with van der Waals surface area (Å²) in [4.78, 5) is 42.7. The molecule has 37 heavy (non-hydrogen) atoms. The Morgan fingerprint density at radius 2 is 1.59 bits per heavy atom. The maximum Gasteiger partial charge on any atom is 0.257 e. The van der Waals surface area contributed by atoms with Crippen molar-refractivity contribution in [1.29, 1.82) is 0 Å². The number of halogens is 1. The van der Waals surface area contributed by atoms with Gasteiger partial charge in [0.15, 0.2) is 11.5 Å². The van der Waals surface area contributed by atoms with Crippen molar-refractivity contribution >= 4 is 35.0 Å². The Kier molecular flexibility index (Phi) is 8.14. The van der Waals surface area contributed by atoms with Crippen molar-refractivity contribution in [2.45, 2.75) is 32.2 Å². The van der Waals surface area contributed by atoms with Crippen molar-refractivity contribution < 1.29 is 23.9 Å². The maximum absolute atomic E-state index is 13.5. The predicted molar refractivity (Wildman–Crippen MR) is 142 cm³/mol. The van der Waals surface area contributed by atoms with Gasteiger partial charge in [-0.1, -0.05) is 47.5 Å². The lowest BCUT2D eigenvalue weighted by Crippen LogP contribution is -2.47. The van der Waals surface area contributed by atoms with Crippen LogP contribution in [0.15, 0.2) is 66.7 Å². The fraction of sp³-hybridized carbons (Fsp3) is 0.276. The largest absolute Gasteiger partial charge is 0.493 e. The first-order valence-electron chi connectivity index (χ1n) is 12.0. The molecule has 1 heterocycles. The van der Waals surface area contributed by atoms with Crippen LogP contribution in [0.1, 0.15) is 23.1 Å². The molecule has 0 radical (unpaired) electrons. The molecule has 0 aliphatic carbocycles. The van der Waals surface area contributed by atoms with Crippen molar-refractivity contribution in [2.24, 2.45) is 0 Å². The molecule has 3 amide bonds. The molecular weight excluding hydrogens is 492 g/mol. The van der Waals surface area contributed by atoms with Crippen LogP contribution in [-0.4, -0.2) is 49.4 Å². The molecule has 3 aromatic rings. The lowest BCUT2D eigenvalue weighted by Gasteiger charge is -2.28. The summed E-state index contributed by atoms with van der Waals surface area (Å²) in [5.74, 6) is 0.225. The number of hydrogen-bond acceptors (Lipinski definition) is 5. The van der Waals surface area contributed by atoms with Gasteiger partial charge in [-0.2, -0.15) is 0 Å². The van der Waals surface area contributed by atoms with Crippen LogP contribution in [0, 0.1) is 6.92 Å². The monoisotopic (exact) mass is 520 g/mol. The first kappa shape index (κ1) is 26.2. The fourth-order valence-electron chi connectivity index (χ4n) is 4.44. The SMILES string of the molecule is COc1ccc(CCN(C(=O)Cc2ccc(Cl)cc2)C2CC(=O)N(c3ccc(C)cc3)C2=O)cc1OC. The highest BCUT2D eigenvalue weighted by atomic mass is 35.5. The second-order valence-corrected chi connectivity index (χ2v) is 9.39. The van der Waals surface area contributed by atoms with E-state index in [1.165, 1.54) is 9.80 Å². The molecular formula is C29H29ClN2O5. The highest BCUT2D eigenvalue weighted by Crippen LogP contribution is 2.29. The number of anilines is 1. The minimum Gasteiger partial charge on any atom is -0.493 e. The number of nitrogens with zero attached hydrogens (tertiary/aromatic N) is 2. The number of methoxy groups -OCH3 is 2. The summed E-state index contributed by atoms with van der Waals surface area (Å²) >= 11 is 6.00. The summed E-state index contributed by atoms with van der Waals surface area (Å²) in [6.45, 7) is 2.19. The third kappa shape index (κ3) is 5.94. The molecule has 1 saturated heterocycles. The van der Waals surface area contributed by atoms with Crippen molar-refractivity contribution in [3.05, 3.63) is 88.4 Å². The average molecular weight is 521 g/mol. The normalized spacial score (nSPS) is 15.1. The van der Waals surface area contributed by atoms with E-state index in [0.717, 1.165) is 16.7 Å². The molecule has 7 nitrogen and oxygen atoms in total. The van der Waals surface area contributed by atoms with Crippen LogP contribution in [-0.2, 0) is 27.2 Å². The summed E-state index contributed by atoms with van der Waals surface area (Å²) < 4.78 is 10.7. The van der Waals surface area contributed by atoms with Gasteiger partial charge in [0.2, 0.25) is 11.8 Å². The molecule has 1 unspecified atom stereocenters. The average Bonchev–Trinajstić information content (AvgIpc) is 3.19. The number of imide groups is 1. The topological polar surface area (TPSA) is 76.2 Å². The van der Waals surface area contributed by atoms with Gasteiger partial charge < -0.3 is 14.4 Å². The Morgan fingerprint density at radius 3 is 2.24 bits per heavy atom. The summed E-state index contributed by atoms with van der Waals surface area (Å²) in [5, 5.41) is 0.576. The first-order valence-corrected chi connectivity index (χ1v) is 12.4. The molecule has 1 aliphatic heterocycles. The zero-order valence-electron chi connectivity index (χ0n) is 21.1. The van der Waals surface area contributed by atoms with Crippen molar-refractivity contribution in [3.63, 3.8) is 0 Å². The standard InChI is InChI=1S/C29H29ClN2O5/c1-19-4-11-23(12-5-19)32-28(34)18-24(29(32)35)31(27(33)17-20-6-9-22(30)10-7-20)15-14-21-8-13-25(36-2)26(16-21)37-3/h4-13,16,24H,14-15,17-18H2,1-3H3. The Bertz CT molecular complexity index is 1290. The quantitative estimate of drug-likeness (QED) is 0.385. The summed E-state index contributed by atoms with van der Waals surface area (Å²) in [6, 6.07) is 18.9. The zero-order valence-corrected chi connectivity index (χ0v) is 21.8. The predicted octanol–water partition coefficient (Wildman–Crippen LogP) is 4.61. The summed E-state index contributed by atoms with van der Waals surface area (Å²) in [6.07, 6.45) is 0.492. The number of ether oxygens (including phenoxy) is 2. The lowest BCUT2D eigenvalue weighted by atomic mass is 10.1. The van der Waals surface area contributed by atoms with E-state index in [2.05, 4.69) is 0 Å². The fourth-order valence-corrected chi connectivity index (χ4v) is 4.57. The smallest absolute Gasteiger partial charge is 0.257 e. The molecule has 8 heteroatoms. The van der Waals surface area contributed by atoms with Crippen molar-refractivity contribution in [1.82, 2.24) is 4.90 Å². The van der Waals surface area contributed by atoms with E-state index in [1.54, 1.807) is 56.7 Å². The van der Waals surface area contributed by atoms with Crippen molar-refractivity contribution in [3.8, 4) is 11.5 Å². The minimum atomic E-state index is -0.881. The van der Waals surface area contributed by atoms with Crippen LogP contribution < -0.4 is 14.4 Å². The number of hydrogen-bond donors (Lipinski definition) is 0. The van der Waals surface area contributed by atoms with E-state index in [4.69, 9.17) is 21.1 Å². The molecule has 1 aliphatic rings. The molecule has 0 spiro atoms. The molecule has 4 rings (SSSR count). The zero-order chi connectivity index (χ0) is 26.5. The van der Waals surface area contributed by atoms with E-state index >= 15 is 0 Å². The van der Waals surface area contributed by atoms with Crippen LogP contribution in [0.2, 0.25) is 5.02 Å². The van der Waals surface area contributed by atoms with Crippen molar-refractivity contribution in [2.75, 3.05) is 25.7 Å². The van der Waals surface area contributed by atoms with Crippen LogP contribution >= 0.6 is 11.6 Å². The second-order valence-electron chi connectivity index (χ2n) is 8.95. The van der Waals surface area contributed by atoms with Gasteiger partial charge in [-0.05, 0) is 60.9 Å². The minimum absolute atomic E-state index is 0.0645. The Labute approximate surface area is 221 Å². The van der Waals surface area contributed by atoms with E-state index in [1.807, 2.05) is 31.2 Å².